The Morgan fingerprint density at radius 3 is 2.47 bits per heavy atom. The van der Waals surface area contributed by atoms with E-state index in [4.69, 9.17) is 27.2 Å². The zero-order valence-corrected chi connectivity index (χ0v) is 9.85. The lowest BCUT2D eigenvalue weighted by atomic mass is 10.1. The molecule has 2 atom stereocenters. The molecule has 1 aromatic rings. The highest BCUT2D eigenvalue weighted by Gasteiger charge is 2.27. The van der Waals surface area contributed by atoms with E-state index in [1.54, 1.807) is 12.1 Å². The molecule has 1 aromatic carbocycles. The van der Waals surface area contributed by atoms with Gasteiger partial charge in [-0.3, -0.25) is 4.79 Å². The van der Waals surface area contributed by atoms with Crippen LogP contribution in [0.3, 0.4) is 0 Å². The quantitative estimate of drug-likeness (QED) is 0.795. The third-order valence-corrected chi connectivity index (χ3v) is 2.36. The minimum Gasteiger partial charge on any atom is -0.478 e. The molecule has 0 radical (unpaired) electrons. The maximum absolute atomic E-state index is 11.3. The van der Waals surface area contributed by atoms with Gasteiger partial charge in [0.2, 0.25) is 6.10 Å². The molecule has 0 aromatic heterocycles. The van der Waals surface area contributed by atoms with Crippen LogP contribution in [-0.4, -0.2) is 23.1 Å². The van der Waals surface area contributed by atoms with Gasteiger partial charge in [0, 0.05) is 10.6 Å². The third kappa shape index (κ3) is 3.44. The van der Waals surface area contributed by atoms with Gasteiger partial charge in [-0.25, -0.2) is 4.79 Å². The van der Waals surface area contributed by atoms with E-state index in [0.29, 0.717) is 0 Å². The predicted molar refractivity (Wildman–Crippen MR) is 61.6 cm³/mol. The summed E-state index contributed by atoms with van der Waals surface area (Å²) in [5.41, 5.74) is 5.52. The summed E-state index contributed by atoms with van der Waals surface area (Å²) >= 11 is 5.84. The molecular formula is C11H12ClNO4. The lowest BCUT2D eigenvalue weighted by Gasteiger charge is -2.16. The molecule has 0 amide bonds. The minimum absolute atomic E-state index is 0.218. The van der Waals surface area contributed by atoms with E-state index >= 15 is 0 Å². The van der Waals surface area contributed by atoms with Crippen LogP contribution in [-0.2, 0) is 14.3 Å². The van der Waals surface area contributed by atoms with E-state index in [9.17, 15) is 9.59 Å². The van der Waals surface area contributed by atoms with Gasteiger partial charge in [-0.2, -0.15) is 0 Å². The standard InChI is InChI=1S/C11H12ClNO4/c1-6(13)11(16)17-9(10(14)15)7-4-2-3-5-8(7)12/h2-6,9H,13H2,1H3,(H,14,15)/t6-,9+/m1/s1. The van der Waals surface area contributed by atoms with Crippen molar-refractivity contribution in [1.29, 1.82) is 0 Å². The highest BCUT2D eigenvalue weighted by atomic mass is 35.5. The smallest absolute Gasteiger partial charge is 0.349 e. The van der Waals surface area contributed by atoms with Crippen molar-refractivity contribution >= 4 is 23.5 Å². The van der Waals surface area contributed by atoms with Crippen molar-refractivity contribution < 1.29 is 19.4 Å². The normalized spacial score (nSPS) is 13.8. The van der Waals surface area contributed by atoms with Crippen molar-refractivity contribution in [3.8, 4) is 0 Å². The number of esters is 1. The van der Waals surface area contributed by atoms with E-state index in [1.165, 1.54) is 19.1 Å². The van der Waals surface area contributed by atoms with E-state index in [0.717, 1.165) is 0 Å². The number of hydrogen-bond acceptors (Lipinski definition) is 4. The molecule has 0 aliphatic heterocycles. The molecule has 0 unspecified atom stereocenters. The van der Waals surface area contributed by atoms with Gasteiger partial charge in [0.1, 0.15) is 6.04 Å². The molecule has 1 rings (SSSR count). The largest absolute Gasteiger partial charge is 0.478 e. The number of hydrogen-bond donors (Lipinski definition) is 2. The van der Waals surface area contributed by atoms with Crippen LogP contribution >= 0.6 is 11.6 Å². The van der Waals surface area contributed by atoms with Crippen LogP contribution in [0.5, 0.6) is 0 Å². The Balaban J connectivity index is 2.99. The first-order valence-electron chi connectivity index (χ1n) is 4.86. The Bertz CT molecular complexity index is 433. The van der Waals surface area contributed by atoms with Gasteiger partial charge >= 0.3 is 11.9 Å². The molecule has 0 aliphatic carbocycles. The lowest BCUT2D eigenvalue weighted by Crippen LogP contribution is -2.32. The van der Waals surface area contributed by atoms with Crippen LogP contribution in [0.1, 0.15) is 18.6 Å². The first-order chi connectivity index (χ1) is 7.93. The van der Waals surface area contributed by atoms with Crippen LogP contribution in [0.25, 0.3) is 0 Å². The molecule has 0 bridgehead atoms. The Morgan fingerprint density at radius 1 is 1.41 bits per heavy atom. The summed E-state index contributed by atoms with van der Waals surface area (Å²) < 4.78 is 4.79. The Morgan fingerprint density at radius 2 is 2.00 bits per heavy atom. The monoisotopic (exact) mass is 257 g/mol. The second-order valence-corrected chi connectivity index (χ2v) is 3.87. The summed E-state index contributed by atoms with van der Waals surface area (Å²) in [6.07, 6.45) is -1.44. The first-order valence-corrected chi connectivity index (χ1v) is 5.24. The van der Waals surface area contributed by atoms with Gasteiger partial charge in [-0.15, -0.1) is 0 Å². The van der Waals surface area contributed by atoms with Crippen LogP contribution in [0.15, 0.2) is 24.3 Å². The van der Waals surface area contributed by atoms with Crippen molar-refractivity contribution in [2.75, 3.05) is 0 Å². The van der Waals surface area contributed by atoms with Gasteiger partial charge in [-0.05, 0) is 13.0 Å². The second kappa shape index (κ2) is 5.65. The fourth-order valence-corrected chi connectivity index (χ4v) is 1.39. The van der Waals surface area contributed by atoms with Gasteiger partial charge in [0.05, 0.1) is 0 Å². The van der Waals surface area contributed by atoms with E-state index in [-0.39, 0.29) is 10.6 Å². The molecule has 3 N–H and O–H groups in total. The zero-order chi connectivity index (χ0) is 13.0. The second-order valence-electron chi connectivity index (χ2n) is 3.47. The number of carboxylic acid groups (broad SMARTS) is 1. The molecule has 5 nitrogen and oxygen atoms in total. The summed E-state index contributed by atoms with van der Waals surface area (Å²) in [5.74, 6) is -2.09. The van der Waals surface area contributed by atoms with Crippen LogP contribution < -0.4 is 5.73 Å². The van der Waals surface area contributed by atoms with E-state index in [2.05, 4.69) is 0 Å². The SMILES string of the molecule is C[C@@H](N)C(=O)O[C@H](C(=O)O)c1ccccc1Cl. The molecule has 0 fully saturated rings. The topological polar surface area (TPSA) is 89.6 Å². The molecule has 6 heteroatoms. The van der Waals surface area contributed by atoms with Crippen molar-refractivity contribution in [1.82, 2.24) is 0 Å². The molecule has 92 valence electrons. The van der Waals surface area contributed by atoms with Gasteiger partial charge in [-0.1, -0.05) is 29.8 Å². The maximum Gasteiger partial charge on any atom is 0.349 e. The fraction of sp³-hybridized carbons (Fsp3) is 0.273. The number of rotatable bonds is 4. The number of ether oxygens (including phenoxy) is 1. The number of carboxylic acids is 1. The number of carbonyl (C=O) groups is 2. The van der Waals surface area contributed by atoms with Crippen molar-refractivity contribution in [2.45, 2.75) is 19.1 Å². The maximum atomic E-state index is 11.3. The summed E-state index contributed by atoms with van der Waals surface area (Å²) in [7, 11) is 0. The van der Waals surface area contributed by atoms with Crippen LogP contribution in [0.4, 0.5) is 0 Å². The van der Waals surface area contributed by atoms with Gasteiger partial charge in [0.25, 0.3) is 0 Å². The average Bonchev–Trinajstić information content (AvgIpc) is 2.26. The number of nitrogens with two attached hydrogens (primary N) is 1. The highest BCUT2D eigenvalue weighted by molar-refractivity contribution is 6.31. The Kier molecular flexibility index (Phi) is 4.48. The van der Waals surface area contributed by atoms with Gasteiger partial charge < -0.3 is 15.6 Å². The molecule has 0 spiro atoms. The molecule has 0 aliphatic rings. The highest BCUT2D eigenvalue weighted by Crippen LogP contribution is 2.25. The number of halogens is 1. The number of carbonyl (C=O) groups excluding carboxylic acids is 1. The minimum atomic E-state index is -1.44. The average molecular weight is 258 g/mol. The summed E-state index contributed by atoms with van der Waals surface area (Å²) in [4.78, 5) is 22.3. The molecule has 0 saturated carbocycles. The van der Waals surface area contributed by atoms with Crippen LogP contribution in [0.2, 0.25) is 5.02 Å². The van der Waals surface area contributed by atoms with Crippen LogP contribution in [0, 0.1) is 0 Å². The number of aliphatic carboxylic acids is 1. The Hall–Kier alpha value is -1.59. The molecule has 17 heavy (non-hydrogen) atoms. The molecular weight excluding hydrogens is 246 g/mol. The summed E-state index contributed by atoms with van der Waals surface area (Å²) in [6.45, 7) is 1.41. The van der Waals surface area contributed by atoms with Crippen molar-refractivity contribution in [2.24, 2.45) is 5.73 Å². The van der Waals surface area contributed by atoms with E-state index in [1.807, 2.05) is 0 Å². The van der Waals surface area contributed by atoms with Gasteiger partial charge in [0.15, 0.2) is 0 Å². The molecule has 0 heterocycles. The molecule has 0 saturated heterocycles. The first kappa shape index (κ1) is 13.5. The third-order valence-electron chi connectivity index (χ3n) is 2.02. The Labute approximate surface area is 103 Å². The summed E-state index contributed by atoms with van der Waals surface area (Å²) in [5, 5.41) is 9.22. The van der Waals surface area contributed by atoms with Crippen molar-refractivity contribution in [3.05, 3.63) is 34.9 Å². The van der Waals surface area contributed by atoms with Crippen molar-refractivity contribution in [3.63, 3.8) is 0 Å². The van der Waals surface area contributed by atoms with E-state index < -0.39 is 24.1 Å². The lowest BCUT2D eigenvalue weighted by molar-refractivity contribution is -0.165. The predicted octanol–water partition coefficient (Wildman–Crippen LogP) is 1.36. The zero-order valence-electron chi connectivity index (χ0n) is 9.09. The number of benzene rings is 1. The summed E-state index contributed by atoms with van der Waals surface area (Å²) in [6, 6.07) is 5.37. The fourth-order valence-electron chi connectivity index (χ4n) is 1.16.